The molecule has 1 aliphatic heterocycles. The van der Waals surface area contributed by atoms with E-state index in [2.05, 4.69) is 98.6 Å². The molecule has 29 heavy (non-hydrogen) atoms. The first-order chi connectivity index (χ1) is 14.0. The molecule has 1 N–H and O–H groups in total. The highest BCUT2D eigenvalue weighted by molar-refractivity contribution is 5.32. The van der Waals surface area contributed by atoms with Crippen LogP contribution in [0.1, 0.15) is 49.0 Å². The first-order valence-electron chi connectivity index (χ1n) is 10.6. The lowest BCUT2D eigenvalue weighted by Gasteiger charge is -2.55. The summed E-state index contributed by atoms with van der Waals surface area (Å²) in [7, 11) is 2.22. The molecule has 150 valence electrons. The first-order valence-corrected chi connectivity index (χ1v) is 10.6. The second-order valence-electron chi connectivity index (χ2n) is 8.71. The molecule has 2 heteroatoms. The van der Waals surface area contributed by atoms with Gasteiger partial charge in [0.05, 0.1) is 5.60 Å². The highest BCUT2D eigenvalue weighted by Gasteiger charge is 2.52. The highest BCUT2D eigenvalue weighted by Crippen LogP contribution is 2.55. The third-order valence-electron chi connectivity index (χ3n) is 6.64. The van der Waals surface area contributed by atoms with E-state index in [0.29, 0.717) is 12.3 Å². The Kier molecular flexibility index (Phi) is 5.58. The van der Waals surface area contributed by atoms with Gasteiger partial charge in [0.25, 0.3) is 0 Å². The number of likely N-dealkylation sites (tertiary alicyclic amines) is 1. The fourth-order valence-electron chi connectivity index (χ4n) is 5.36. The summed E-state index contributed by atoms with van der Waals surface area (Å²) in [6, 6.07) is 31.8. The van der Waals surface area contributed by atoms with Crippen molar-refractivity contribution in [2.24, 2.45) is 11.8 Å². The first kappa shape index (κ1) is 19.9. The zero-order valence-electron chi connectivity index (χ0n) is 17.6. The Hall–Kier alpha value is -2.42. The van der Waals surface area contributed by atoms with Crippen molar-refractivity contribution in [3.8, 4) is 0 Å². The number of nitrogens with zero attached hydrogens (tertiary/aromatic N) is 1. The van der Waals surface area contributed by atoms with Crippen LogP contribution in [-0.2, 0) is 5.60 Å². The molecule has 0 unspecified atom stereocenters. The Balaban J connectivity index is 1.90. The minimum absolute atomic E-state index is 0.0808. The van der Waals surface area contributed by atoms with E-state index in [1.165, 1.54) is 11.1 Å². The molecule has 1 heterocycles. The van der Waals surface area contributed by atoms with E-state index in [-0.39, 0.29) is 18.0 Å². The lowest BCUT2D eigenvalue weighted by molar-refractivity contribution is -0.142. The van der Waals surface area contributed by atoms with E-state index in [1.54, 1.807) is 0 Å². The van der Waals surface area contributed by atoms with E-state index in [1.807, 2.05) is 18.2 Å². The van der Waals surface area contributed by atoms with Gasteiger partial charge in [-0.1, -0.05) is 105 Å². The summed E-state index contributed by atoms with van der Waals surface area (Å²) in [4.78, 5) is 2.48. The summed E-state index contributed by atoms with van der Waals surface area (Å²) in [6.07, 6.45) is 0.684. The maximum absolute atomic E-state index is 12.3. The van der Waals surface area contributed by atoms with Gasteiger partial charge in [-0.3, -0.25) is 4.90 Å². The van der Waals surface area contributed by atoms with Crippen LogP contribution in [0.15, 0.2) is 91.0 Å². The van der Waals surface area contributed by atoms with Crippen molar-refractivity contribution >= 4 is 0 Å². The summed E-state index contributed by atoms with van der Waals surface area (Å²) in [5.74, 6) is 0.404. The molecule has 0 spiro atoms. The van der Waals surface area contributed by atoms with Crippen LogP contribution in [-0.4, -0.2) is 17.1 Å². The topological polar surface area (TPSA) is 23.5 Å². The molecule has 4 rings (SSSR count). The Morgan fingerprint density at radius 2 is 1.28 bits per heavy atom. The third kappa shape index (κ3) is 3.63. The van der Waals surface area contributed by atoms with Crippen LogP contribution in [0.25, 0.3) is 0 Å². The molecular formula is C27H31NO. The van der Waals surface area contributed by atoms with Gasteiger partial charge in [-0.05, 0) is 29.7 Å². The van der Waals surface area contributed by atoms with Gasteiger partial charge in [-0.2, -0.15) is 0 Å². The monoisotopic (exact) mass is 385 g/mol. The highest BCUT2D eigenvalue weighted by atomic mass is 16.3. The van der Waals surface area contributed by atoms with Crippen LogP contribution in [0.4, 0.5) is 0 Å². The molecule has 0 aromatic heterocycles. The summed E-state index contributed by atoms with van der Waals surface area (Å²) in [5.41, 5.74) is 2.65. The number of piperidine rings is 1. The van der Waals surface area contributed by atoms with Crippen molar-refractivity contribution in [2.75, 3.05) is 7.05 Å². The molecule has 0 radical (unpaired) electrons. The Bertz CT molecular complexity index is 909. The summed E-state index contributed by atoms with van der Waals surface area (Å²) >= 11 is 0. The zero-order valence-corrected chi connectivity index (χ0v) is 17.6. The largest absolute Gasteiger partial charge is 0.385 e. The molecule has 0 bridgehead atoms. The van der Waals surface area contributed by atoms with Crippen LogP contribution < -0.4 is 0 Å². The van der Waals surface area contributed by atoms with Crippen molar-refractivity contribution in [3.63, 3.8) is 0 Å². The van der Waals surface area contributed by atoms with Crippen LogP contribution in [0.5, 0.6) is 0 Å². The normalized spacial score (nSPS) is 27.8. The molecule has 3 aromatic carbocycles. The van der Waals surface area contributed by atoms with Crippen molar-refractivity contribution in [2.45, 2.75) is 38.0 Å². The Labute approximate surface area is 174 Å². The van der Waals surface area contributed by atoms with Crippen LogP contribution in [0, 0.1) is 11.8 Å². The van der Waals surface area contributed by atoms with Crippen LogP contribution in [0.2, 0.25) is 0 Å². The van der Waals surface area contributed by atoms with Gasteiger partial charge in [0.2, 0.25) is 0 Å². The predicted octanol–water partition coefficient (Wildman–Crippen LogP) is 5.96. The summed E-state index contributed by atoms with van der Waals surface area (Å²) < 4.78 is 0. The second kappa shape index (κ2) is 8.14. The number of hydrogen-bond donors (Lipinski definition) is 1. The minimum Gasteiger partial charge on any atom is -0.385 e. The molecule has 1 fully saturated rings. The van der Waals surface area contributed by atoms with E-state index in [9.17, 15) is 5.11 Å². The van der Waals surface area contributed by atoms with Gasteiger partial charge in [0, 0.05) is 24.4 Å². The Morgan fingerprint density at radius 1 is 0.793 bits per heavy atom. The molecule has 4 atom stereocenters. The van der Waals surface area contributed by atoms with Gasteiger partial charge in [-0.15, -0.1) is 0 Å². The predicted molar refractivity (Wildman–Crippen MR) is 119 cm³/mol. The number of hydrogen-bond acceptors (Lipinski definition) is 2. The molecule has 0 amide bonds. The van der Waals surface area contributed by atoms with Crippen LogP contribution in [0.3, 0.4) is 0 Å². The molecular weight excluding hydrogens is 354 g/mol. The average molecular weight is 386 g/mol. The van der Waals surface area contributed by atoms with Gasteiger partial charge >= 0.3 is 0 Å². The molecule has 0 saturated carbocycles. The van der Waals surface area contributed by atoms with Crippen molar-refractivity contribution < 1.29 is 5.11 Å². The quantitative estimate of drug-likeness (QED) is 0.598. The van der Waals surface area contributed by atoms with E-state index in [4.69, 9.17) is 0 Å². The van der Waals surface area contributed by atoms with E-state index in [0.717, 1.165) is 5.56 Å². The average Bonchev–Trinajstić information content (AvgIpc) is 2.76. The molecule has 3 aromatic rings. The zero-order chi connectivity index (χ0) is 20.4. The fraction of sp³-hybridized carbons (Fsp3) is 0.333. The van der Waals surface area contributed by atoms with Crippen molar-refractivity contribution in [1.82, 2.24) is 4.90 Å². The summed E-state index contributed by atoms with van der Waals surface area (Å²) in [6.45, 7) is 4.48. The maximum Gasteiger partial charge on any atom is 0.0963 e. The third-order valence-corrected chi connectivity index (χ3v) is 6.64. The minimum atomic E-state index is -0.900. The molecule has 2 nitrogen and oxygen atoms in total. The fourth-order valence-corrected chi connectivity index (χ4v) is 5.36. The lowest BCUT2D eigenvalue weighted by Crippen LogP contribution is -2.53. The van der Waals surface area contributed by atoms with Gasteiger partial charge in [0.15, 0.2) is 0 Å². The standard InChI is InChI=1S/C27H31NO/c1-20(2)25-26(22-15-9-5-10-16-22)28(3)24(21-13-7-4-8-14-21)19-27(25,29)23-17-11-6-12-18-23/h4-18,20,24-26,29H,19H2,1-3H3/t24-,25-,26+,27+/m1/s1. The summed E-state index contributed by atoms with van der Waals surface area (Å²) in [5, 5.41) is 12.3. The van der Waals surface area contributed by atoms with Crippen molar-refractivity contribution in [3.05, 3.63) is 108 Å². The van der Waals surface area contributed by atoms with Gasteiger partial charge < -0.3 is 5.11 Å². The van der Waals surface area contributed by atoms with E-state index >= 15 is 0 Å². The van der Waals surface area contributed by atoms with Crippen molar-refractivity contribution in [1.29, 1.82) is 0 Å². The van der Waals surface area contributed by atoms with Gasteiger partial charge in [-0.25, -0.2) is 0 Å². The maximum atomic E-state index is 12.3. The smallest absolute Gasteiger partial charge is 0.0963 e. The second-order valence-corrected chi connectivity index (χ2v) is 8.71. The van der Waals surface area contributed by atoms with Crippen LogP contribution >= 0.6 is 0 Å². The lowest BCUT2D eigenvalue weighted by atomic mass is 9.63. The molecule has 1 saturated heterocycles. The molecule has 1 aliphatic rings. The number of benzene rings is 3. The van der Waals surface area contributed by atoms with Gasteiger partial charge in [0.1, 0.15) is 0 Å². The number of aliphatic hydroxyl groups is 1. The molecule has 0 aliphatic carbocycles. The Morgan fingerprint density at radius 3 is 1.79 bits per heavy atom. The SMILES string of the molecule is CC(C)[C@@H]1[C@H](c2ccccc2)N(C)[C@@H](c2ccccc2)C[C@]1(O)c1ccccc1. The van der Waals surface area contributed by atoms with E-state index < -0.39 is 5.60 Å². The number of rotatable bonds is 4.